The molecule has 1 aliphatic carbocycles. The first kappa shape index (κ1) is 14.1. The summed E-state index contributed by atoms with van der Waals surface area (Å²) >= 11 is 0. The van der Waals surface area contributed by atoms with Crippen LogP contribution in [0.5, 0.6) is 0 Å². The smallest absolute Gasteiger partial charge is 0.236 e. The summed E-state index contributed by atoms with van der Waals surface area (Å²) in [6.45, 7) is 0.207. The molecule has 0 atom stereocenters. The molecule has 0 saturated carbocycles. The van der Waals surface area contributed by atoms with Crippen LogP contribution in [-0.4, -0.2) is 12.5 Å². The number of nitrogens with two attached hydrogens (primary N) is 1. The normalized spacial score (nSPS) is 17.2. The number of nitrogens with one attached hydrogen (secondary N) is 1. The summed E-state index contributed by atoms with van der Waals surface area (Å²) in [6.07, 6.45) is 11.5. The highest BCUT2D eigenvalue weighted by atomic mass is 16.1. The maximum atomic E-state index is 10.8. The van der Waals surface area contributed by atoms with E-state index in [2.05, 4.69) is 41.8 Å². The fourth-order valence-corrected chi connectivity index (χ4v) is 2.17. The van der Waals surface area contributed by atoms with Crippen molar-refractivity contribution in [2.24, 2.45) is 5.73 Å². The van der Waals surface area contributed by atoms with Crippen LogP contribution in [0.3, 0.4) is 0 Å². The minimum Gasteiger partial charge on any atom is -0.380 e. The van der Waals surface area contributed by atoms with Gasteiger partial charge in [0.15, 0.2) is 0 Å². The van der Waals surface area contributed by atoms with Gasteiger partial charge >= 0.3 is 0 Å². The maximum absolute atomic E-state index is 10.8. The summed E-state index contributed by atoms with van der Waals surface area (Å²) < 4.78 is 0. The van der Waals surface area contributed by atoms with Gasteiger partial charge in [-0.25, -0.2) is 0 Å². The minimum absolute atomic E-state index is 0.207. The summed E-state index contributed by atoms with van der Waals surface area (Å²) in [5.74, 6) is -0.328. The second kappa shape index (κ2) is 7.34. The number of carbonyl (C=O) groups is 1. The van der Waals surface area contributed by atoms with E-state index in [0.29, 0.717) is 0 Å². The Balaban J connectivity index is 1.97. The van der Waals surface area contributed by atoms with Crippen molar-refractivity contribution in [2.75, 3.05) is 6.54 Å². The zero-order valence-electron chi connectivity index (χ0n) is 11.5. The molecule has 1 aliphatic rings. The lowest BCUT2D eigenvalue weighted by molar-refractivity contribution is -0.117. The second-order valence-corrected chi connectivity index (χ2v) is 4.85. The van der Waals surface area contributed by atoms with Gasteiger partial charge in [0.2, 0.25) is 5.91 Å². The first-order valence-corrected chi connectivity index (χ1v) is 6.89. The molecular formula is C17H20N2O. The Morgan fingerprint density at radius 2 is 2.05 bits per heavy atom. The van der Waals surface area contributed by atoms with Crippen molar-refractivity contribution in [3.05, 3.63) is 65.4 Å². The van der Waals surface area contributed by atoms with Crippen molar-refractivity contribution in [1.29, 1.82) is 0 Å². The van der Waals surface area contributed by atoms with Gasteiger partial charge in [-0.05, 0) is 36.5 Å². The van der Waals surface area contributed by atoms with E-state index in [9.17, 15) is 4.79 Å². The van der Waals surface area contributed by atoms with Gasteiger partial charge in [-0.3, -0.25) is 4.79 Å². The molecule has 1 amide bonds. The molecule has 0 spiro atoms. The molecule has 20 heavy (non-hydrogen) atoms. The molecule has 0 aromatic heterocycles. The third kappa shape index (κ3) is 4.76. The Labute approximate surface area is 119 Å². The standard InChI is InChI=1S/C17H20N2O/c18-17(20)13-19-16-11-5-10-15(12-16)9-4-8-14-6-2-1-3-7-14/h1-4,6-9,12,19H,5,10-11,13H2,(H2,18,20)/b8-4+,15-9-. The Morgan fingerprint density at radius 3 is 2.80 bits per heavy atom. The van der Waals surface area contributed by atoms with Gasteiger partial charge in [-0.15, -0.1) is 0 Å². The van der Waals surface area contributed by atoms with Crippen molar-refractivity contribution in [3.63, 3.8) is 0 Å². The van der Waals surface area contributed by atoms with Crippen LogP contribution in [-0.2, 0) is 4.79 Å². The van der Waals surface area contributed by atoms with Crippen LogP contribution in [0.15, 0.2) is 59.8 Å². The SMILES string of the molecule is NC(=O)CNC1=C/C(=C\C=C\c2ccccc2)CCC1. The van der Waals surface area contributed by atoms with Gasteiger partial charge in [0.25, 0.3) is 0 Å². The molecule has 1 aromatic carbocycles. The monoisotopic (exact) mass is 268 g/mol. The zero-order chi connectivity index (χ0) is 14.2. The Bertz CT molecular complexity index is 541. The average molecular weight is 268 g/mol. The third-order valence-corrected chi connectivity index (χ3v) is 3.16. The van der Waals surface area contributed by atoms with Crippen LogP contribution >= 0.6 is 0 Å². The van der Waals surface area contributed by atoms with E-state index in [1.54, 1.807) is 0 Å². The number of rotatable bonds is 5. The molecule has 3 N–H and O–H groups in total. The molecule has 2 rings (SSSR count). The molecule has 0 bridgehead atoms. The highest BCUT2D eigenvalue weighted by Gasteiger charge is 2.07. The quantitative estimate of drug-likeness (QED) is 0.862. The first-order valence-electron chi connectivity index (χ1n) is 6.89. The van der Waals surface area contributed by atoms with Crippen LogP contribution in [0.4, 0.5) is 0 Å². The number of carbonyl (C=O) groups excluding carboxylic acids is 1. The van der Waals surface area contributed by atoms with Crippen molar-refractivity contribution in [3.8, 4) is 0 Å². The highest BCUT2D eigenvalue weighted by Crippen LogP contribution is 2.20. The lowest BCUT2D eigenvalue weighted by Gasteiger charge is -2.16. The number of benzene rings is 1. The van der Waals surface area contributed by atoms with Crippen LogP contribution in [0.25, 0.3) is 6.08 Å². The van der Waals surface area contributed by atoms with Gasteiger partial charge in [-0.2, -0.15) is 0 Å². The van der Waals surface area contributed by atoms with E-state index < -0.39 is 0 Å². The van der Waals surface area contributed by atoms with Gasteiger partial charge < -0.3 is 11.1 Å². The molecule has 0 saturated heterocycles. The van der Waals surface area contributed by atoms with Crippen LogP contribution in [0, 0.1) is 0 Å². The number of allylic oxidation sites excluding steroid dienone is 5. The second-order valence-electron chi connectivity index (χ2n) is 4.85. The average Bonchev–Trinajstić information content (AvgIpc) is 2.47. The van der Waals surface area contributed by atoms with Crippen molar-refractivity contribution in [1.82, 2.24) is 5.32 Å². The molecule has 104 valence electrons. The van der Waals surface area contributed by atoms with E-state index in [1.807, 2.05) is 18.2 Å². The summed E-state index contributed by atoms with van der Waals surface area (Å²) in [7, 11) is 0. The molecule has 0 unspecified atom stereocenters. The predicted molar refractivity (Wildman–Crippen MR) is 82.7 cm³/mol. The summed E-state index contributed by atoms with van der Waals surface area (Å²) in [5.41, 5.74) is 8.69. The van der Waals surface area contributed by atoms with Crippen molar-refractivity contribution >= 4 is 12.0 Å². The topological polar surface area (TPSA) is 55.1 Å². The lowest BCUT2D eigenvalue weighted by Crippen LogP contribution is -2.28. The molecular weight excluding hydrogens is 248 g/mol. The van der Waals surface area contributed by atoms with E-state index in [-0.39, 0.29) is 12.5 Å². The molecule has 0 radical (unpaired) electrons. The van der Waals surface area contributed by atoms with Gasteiger partial charge in [-0.1, -0.05) is 48.6 Å². The van der Waals surface area contributed by atoms with E-state index in [1.165, 1.54) is 11.1 Å². The molecule has 3 nitrogen and oxygen atoms in total. The van der Waals surface area contributed by atoms with Gasteiger partial charge in [0.05, 0.1) is 6.54 Å². The maximum Gasteiger partial charge on any atom is 0.236 e. The number of hydrogen-bond acceptors (Lipinski definition) is 2. The summed E-state index contributed by atoms with van der Waals surface area (Å²) in [5, 5.41) is 3.08. The minimum atomic E-state index is -0.328. The van der Waals surface area contributed by atoms with E-state index in [4.69, 9.17) is 5.73 Å². The van der Waals surface area contributed by atoms with Crippen LogP contribution in [0.1, 0.15) is 24.8 Å². The third-order valence-electron chi connectivity index (χ3n) is 3.16. The summed E-state index contributed by atoms with van der Waals surface area (Å²) in [6, 6.07) is 10.2. The van der Waals surface area contributed by atoms with Gasteiger partial charge in [0.1, 0.15) is 0 Å². The molecule has 3 heteroatoms. The fourth-order valence-electron chi connectivity index (χ4n) is 2.17. The predicted octanol–water partition coefficient (Wildman–Crippen LogP) is 2.77. The molecule has 1 aromatic rings. The van der Waals surface area contributed by atoms with Crippen LogP contribution in [0.2, 0.25) is 0 Å². The Hall–Kier alpha value is -2.29. The van der Waals surface area contributed by atoms with Gasteiger partial charge in [0, 0.05) is 5.70 Å². The molecule has 0 heterocycles. The largest absolute Gasteiger partial charge is 0.380 e. The lowest BCUT2D eigenvalue weighted by atomic mass is 9.98. The van der Waals surface area contributed by atoms with Crippen LogP contribution < -0.4 is 11.1 Å². The summed E-state index contributed by atoms with van der Waals surface area (Å²) in [4.78, 5) is 10.8. The van der Waals surface area contributed by atoms with Crippen molar-refractivity contribution < 1.29 is 4.79 Å². The Morgan fingerprint density at radius 1 is 1.25 bits per heavy atom. The molecule has 0 aliphatic heterocycles. The van der Waals surface area contributed by atoms with E-state index >= 15 is 0 Å². The Kier molecular flexibility index (Phi) is 5.18. The van der Waals surface area contributed by atoms with E-state index in [0.717, 1.165) is 25.0 Å². The number of amides is 1. The van der Waals surface area contributed by atoms with Crippen molar-refractivity contribution in [2.45, 2.75) is 19.3 Å². The fraction of sp³-hybridized carbons (Fsp3) is 0.235. The first-order chi connectivity index (χ1) is 9.74. The zero-order valence-corrected chi connectivity index (χ0v) is 11.5. The molecule has 0 fully saturated rings. The highest BCUT2D eigenvalue weighted by molar-refractivity contribution is 5.76. The number of hydrogen-bond donors (Lipinski definition) is 2. The number of primary amides is 1.